The maximum absolute atomic E-state index is 10.6. The predicted molar refractivity (Wildman–Crippen MR) is 33.0 cm³/mol. The van der Waals surface area contributed by atoms with E-state index >= 15 is 0 Å². The van der Waals surface area contributed by atoms with Crippen LogP contribution in [0.15, 0.2) is 9.98 Å². The molecule has 2 amide bonds. The molecule has 0 aromatic carbocycles. The lowest BCUT2D eigenvalue weighted by molar-refractivity contribution is 0.256. The third kappa shape index (κ3) is 0.759. The molecule has 1 aromatic rings. The highest BCUT2D eigenvalue weighted by molar-refractivity contribution is 5.77. The molecule has 2 rings (SSSR count). The van der Waals surface area contributed by atoms with Gasteiger partial charge in [-0.3, -0.25) is 0 Å². The largest absolute Gasteiger partial charge is 0.382 e. The van der Waals surface area contributed by atoms with Crippen LogP contribution >= 0.6 is 0 Å². The molecule has 2 N–H and O–H groups in total. The van der Waals surface area contributed by atoms with Crippen LogP contribution in [0.3, 0.4) is 0 Å². The average Bonchev–Trinajstić information content (AvgIpc) is 2.31. The summed E-state index contributed by atoms with van der Waals surface area (Å²) in [6.07, 6.45) is 2.25. The molecule has 0 fully saturated rings. The van der Waals surface area contributed by atoms with Crippen LogP contribution in [0.1, 0.15) is 0 Å². The lowest BCUT2D eigenvalue weighted by atomic mass is 10.5. The van der Waals surface area contributed by atoms with Gasteiger partial charge < -0.3 is 5.73 Å². The Morgan fingerprint density at radius 2 is 2.09 bits per heavy atom. The van der Waals surface area contributed by atoms with Crippen LogP contribution in [0.4, 0.5) is 10.6 Å². The highest BCUT2D eigenvalue weighted by Gasteiger charge is 2.08. The molecule has 0 spiro atoms. The van der Waals surface area contributed by atoms with E-state index in [1.54, 1.807) is 0 Å². The second kappa shape index (κ2) is 1.82. The summed E-state index contributed by atoms with van der Waals surface area (Å²) < 4.78 is 0. The summed E-state index contributed by atoms with van der Waals surface area (Å²) in [6.45, 7) is 0. The number of amides is 2. The first-order valence-corrected chi connectivity index (χ1v) is 2.78. The lowest BCUT2D eigenvalue weighted by Gasteiger charge is -1.84. The van der Waals surface area contributed by atoms with E-state index in [1.807, 2.05) is 0 Å². The summed E-state index contributed by atoms with van der Waals surface area (Å²) in [5.74, 6) is 0.129. The van der Waals surface area contributed by atoms with Crippen LogP contribution in [0.2, 0.25) is 0 Å². The molecule has 53 valence electrons. The van der Waals surface area contributed by atoms with Gasteiger partial charge in [-0.05, 0) is 0 Å². The molecular weight excluding hydrogens is 146 g/mol. The van der Waals surface area contributed by atoms with Gasteiger partial charge in [0, 0.05) is 0 Å². The molecule has 2 heterocycles. The third-order valence-corrected chi connectivity index (χ3v) is 1.19. The molecule has 1 aromatic heterocycles. The van der Waals surface area contributed by atoms with E-state index in [9.17, 15) is 4.79 Å². The summed E-state index contributed by atoms with van der Waals surface area (Å²) in [4.78, 5) is 24.6. The number of hydrogen-bond donors (Lipinski definition) is 1. The Bertz CT molecular complexity index is 437. The summed E-state index contributed by atoms with van der Waals surface area (Å²) in [6, 6.07) is -0.597. The van der Waals surface area contributed by atoms with Gasteiger partial charge in [-0.25, -0.2) is 14.8 Å². The number of hydrogen-bond acceptors (Lipinski definition) is 4. The number of rotatable bonds is 0. The number of carbonyl (C=O) groups excluding carboxylic acids is 1. The molecule has 1 aliphatic heterocycles. The molecule has 6 heteroatoms. The number of aromatic nitrogens is 2. The molecule has 0 saturated heterocycles. The SMILES string of the molecule is Nc1n[c]nc2c1=NC(=O)N=2. The number of fused-ring (bicyclic) bond motifs is 1. The summed E-state index contributed by atoms with van der Waals surface area (Å²) >= 11 is 0. The zero-order valence-electron chi connectivity index (χ0n) is 5.27. The Labute approximate surface area is 60.5 Å². The van der Waals surface area contributed by atoms with Crippen molar-refractivity contribution in [2.45, 2.75) is 0 Å². The number of carbonyl (C=O) groups is 1. The molecule has 6 nitrogen and oxygen atoms in total. The van der Waals surface area contributed by atoms with Crippen LogP contribution in [-0.2, 0) is 0 Å². The molecule has 0 unspecified atom stereocenters. The molecule has 0 bridgehead atoms. The van der Waals surface area contributed by atoms with Gasteiger partial charge >= 0.3 is 6.03 Å². The van der Waals surface area contributed by atoms with Crippen molar-refractivity contribution in [1.29, 1.82) is 0 Å². The van der Waals surface area contributed by atoms with Gasteiger partial charge in [-0.15, -0.1) is 0 Å². The normalized spacial score (nSPS) is 13.6. The third-order valence-electron chi connectivity index (χ3n) is 1.19. The Morgan fingerprint density at radius 1 is 1.27 bits per heavy atom. The maximum Gasteiger partial charge on any atom is 0.369 e. The van der Waals surface area contributed by atoms with Gasteiger partial charge in [-0.2, -0.15) is 9.98 Å². The van der Waals surface area contributed by atoms with E-state index in [2.05, 4.69) is 26.3 Å². The first-order chi connectivity index (χ1) is 5.27. The second-order valence-electron chi connectivity index (χ2n) is 1.89. The number of nitrogens with two attached hydrogens (primary N) is 1. The molecule has 0 saturated carbocycles. The van der Waals surface area contributed by atoms with Gasteiger partial charge in [0.05, 0.1) is 0 Å². The van der Waals surface area contributed by atoms with Crippen molar-refractivity contribution in [2.24, 2.45) is 9.98 Å². The predicted octanol–water partition coefficient (Wildman–Crippen LogP) is -1.77. The number of anilines is 1. The van der Waals surface area contributed by atoms with Crippen molar-refractivity contribution in [2.75, 3.05) is 5.73 Å². The minimum absolute atomic E-state index is 0.129. The quantitative estimate of drug-likeness (QED) is 0.471. The first-order valence-electron chi connectivity index (χ1n) is 2.78. The van der Waals surface area contributed by atoms with E-state index in [0.29, 0.717) is 0 Å². The Hall–Kier alpha value is -1.85. The summed E-state index contributed by atoms with van der Waals surface area (Å²) in [5.41, 5.74) is 5.54. The molecule has 1 aliphatic rings. The zero-order chi connectivity index (χ0) is 7.84. The lowest BCUT2D eigenvalue weighted by Crippen LogP contribution is -2.29. The van der Waals surface area contributed by atoms with Gasteiger partial charge in [0.2, 0.25) is 6.33 Å². The Morgan fingerprint density at radius 3 is 2.82 bits per heavy atom. The van der Waals surface area contributed by atoms with Gasteiger partial charge in [0.25, 0.3) is 0 Å². The van der Waals surface area contributed by atoms with Crippen molar-refractivity contribution in [3.8, 4) is 0 Å². The molecule has 0 aliphatic carbocycles. The van der Waals surface area contributed by atoms with E-state index < -0.39 is 6.03 Å². The number of urea groups is 1. The monoisotopic (exact) mass is 148 g/mol. The molecule has 1 radical (unpaired) electrons. The Kier molecular flexibility index (Phi) is 0.974. The molecular formula is C5H2N5O. The number of nitrogens with zero attached hydrogens (tertiary/aromatic N) is 4. The van der Waals surface area contributed by atoms with Crippen molar-refractivity contribution >= 4 is 11.8 Å². The van der Waals surface area contributed by atoms with E-state index in [4.69, 9.17) is 5.73 Å². The Balaban J connectivity index is 2.97. The summed E-state index contributed by atoms with van der Waals surface area (Å²) in [5, 5.41) is 0.244. The maximum atomic E-state index is 10.6. The summed E-state index contributed by atoms with van der Waals surface area (Å²) in [7, 11) is 0. The van der Waals surface area contributed by atoms with Crippen LogP contribution in [-0.4, -0.2) is 16.0 Å². The van der Waals surface area contributed by atoms with Gasteiger partial charge in [0.1, 0.15) is 0 Å². The van der Waals surface area contributed by atoms with E-state index in [-0.39, 0.29) is 16.7 Å². The fourth-order valence-electron chi connectivity index (χ4n) is 0.743. The smallest absolute Gasteiger partial charge is 0.369 e. The fourth-order valence-corrected chi connectivity index (χ4v) is 0.743. The van der Waals surface area contributed by atoms with Crippen molar-refractivity contribution in [3.05, 3.63) is 17.2 Å². The van der Waals surface area contributed by atoms with Crippen LogP contribution < -0.4 is 16.6 Å². The van der Waals surface area contributed by atoms with Crippen molar-refractivity contribution in [3.63, 3.8) is 0 Å². The highest BCUT2D eigenvalue weighted by atomic mass is 16.2. The molecule has 11 heavy (non-hydrogen) atoms. The topological polar surface area (TPSA) is 93.6 Å². The zero-order valence-corrected chi connectivity index (χ0v) is 5.27. The average molecular weight is 148 g/mol. The van der Waals surface area contributed by atoms with Crippen LogP contribution in [0, 0.1) is 6.33 Å². The minimum atomic E-state index is -0.597. The molecule has 0 atom stereocenters. The van der Waals surface area contributed by atoms with E-state index in [1.165, 1.54) is 0 Å². The van der Waals surface area contributed by atoms with Gasteiger partial charge in [-0.1, -0.05) is 0 Å². The standard InChI is InChI=1S/C5H2N5O/c6-3-2-4(8-1-7-3)10-5(11)9-2/h(H2,6,7,8,10,11). The van der Waals surface area contributed by atoms with Crippen LogP contribution in [0.5, 0.6) is 0 Å². The highest BCUT2D eigenvalue weighted by Crippen LogP contribution is 1.85. The number of nitrogen functional groups attached to an aromatic ring is 1. The second-order valence-corrected chi connectivity index (χ2v) is 1.89. The van der Waals surface area contributed by atoms with E-state index in [0.717, 1.165) is 0 Å². The minimum Gasteiger partial charge on any atom is -0.382 e. The first kappa shape index (κ1) is 5.90. The van der Waals surface area contributed by atoms with Crippen molar-refractivity contribution < 1.29 is 4.79 Å². The van der Waals surface area contributed by atoms with Crippen molar-refractivity contribution in [1.82, 2.24) is 9.97 Å². The fraction of sp³-hybridized carbons (Fsp3) is 0. The van der Waals surface area contributed by atoms with Gasteiger partial charge in [0.15, 0.2) is 16.7 Å². The van der Waals surface area contributed by atoms with Crippen LogP contribution in [0.25, 0.3) is 0 Å².